The van der Waals surface area contributed by atoms with Gasteiger partial charge in [-0.3, -0.25) is 0 Å². The maximum atomic E-state index is 16.3. The maximum Gasteiger partial charge on any atom is 0.134 e. The van der Waals surface area contributed by atoms with E-state index >= 15 is 4.39 Å². The van der Waals surface area contributed by atoms with Gasteiger partial charge in [0.15, 0.2) is 0 Å². The Morgan fingerprint density at radius 3 is 1.51 bits per heavy atom. The van der Waals surface area contributed by atoms with Crippen LogP contribution >= 0.6 is 77.2 Å². The van der Waals surface area contributed by atoms with Gasteiger partial charge in [-0.25, -0.2) is 14.4 Å². The molecule has 1 aromatic carbocycles. The second-order valence-corrected chi connectivity index (χ2v) is 19.9. The van der Waals surface area contributed by atoms with Crippen molar-refractivity contribution in [3.63, 3.8) is 0 Å². The van der Waals surface area contributed by atoms with Crippen LogP contribution in [0.3, 0.4) is 0 Å². The number of halogens is 3. The molecule has 2 nitrogen and oxygen atoms in total. The molecule has 0 spiro atoms. The topological polar surface area (TPSA) is 25.8 Å². The Bertz CT molecular complexity index is 1970. The summed E-state index contributed by atoms with van der Waals surface area (Å²) in [5, 5.41) is 0. The van der Waals surface area contributed by atoms with Gasteiger partial charge in [0, 0.05) is 25.1 Å². The van der Waals surface area contributed by atoms with Crippen molar-refractivity contribution in [3.8, 4) is 42.0 Å². The van der Waals surface area contributed by atoms with Crippen molar-refractivity contribution in [1.29, 1.82) is 0 Å². The van der Waals surface area contributed by atoms with Crippen molar-refractivity contribution >= 4 is 88.2 Å². The first-order valence-corrected chi connectivity index (χ1v) is 22.5. The summed E-state index contributed by atoms with van der Waals surface area (Å²) in [7, 11) is 0. The molecule has 6 rings (SSSR count). The van der Waals surface area contributed by atoms with Gasteiger partial charge >= 0.3 is 0 Å². The molecule has 0 aliphatic rings. The fraction of sp³-hybridized carbons (Fsp3) is 0.400. The summed E-state index contributed by atoms with van der Waals surface area (Å²) in [6.07, 6.45) is 17.6. The van der Waals surface area contributed by atoms with Crippen LogP contribution in [0.2, 0.25) is 0 Å². The van der Waals surface area contributed by atoms with E-state index in [9.17, 15) is 0 Å². The summed E-state index contributed by atoms with van der Waals surface area (Å²) in [6.45, 7) is 4.53. The molecule has 0 fully saturated rings. The highest BCUT2D eigenvalue weighted by molar-refractivity contribution is 9.11. The number of benzene rings is 1. The number of rotatable bonds is 18. The number of hydrogen-bond acceptors (Lipinski definition) is 6. The van der Waals surface area contributed by atoms with Crippen LogP contribution in [0.5, 0.6) is 0 Å². The smallest absolute Gasteiger partial charge is 0.134 e. The molecule has 9 heteroatoms. The quantitative estimate of drug-likeness (QED) is 0.0805. The molecule has 0 atom stereocenters. The van der Waals surface area contributed by atoms with E-state index in [-0.39, 0.29) is 5.82 Å². The molecular formula is C40H43Br2FN2S4. The maximum absolute atomic E-state index is 16.3. The van der Waals surface area contributed by atoms with Gasteiger partial charge < -0.3 is 0 Å². The van der Waals surface area contributed by atoms with E-state index in [2.05, 4.69) is 70.0 Å². The standard InChI is InChI=1S/C40H43Br2FN2S4/c1-3-5-7-9-11-13-15-26-17-19-32(46-26)38-39(33-20-18-27(47-33)16-14-12-10-8-6-4-2)45-40-36(31-22-24-35(42)49-31)29(43)25-28(37(40)44-38)30-21-23-34(41)48-30/h17-25H,3-16H2,1-2H3. The lowest BCUT2D eigenvalue weighted by Gasteiger charge is -2.14. The molecule has 0 N–H and O–H groups in total. The predicted octanol–water partition coefficient (Wildman–Crippen LogP) is 16.0. The summed E-state index contributed by atoms with van der Waals surface area (Å²) < 4.78 is 18.3. The summed E-state index contributed by atoms with van der Waals surface area (Å²) in [5.41, 5.74) is 4.39. The Morgan fingerprint density at radius 2 is 1.00 bits per heavy atom. The van der Waals surface area contributed by atoms with Crippen molar-refractivity contribution in [2.24, 2.45) is 0 Å². The van der Waals surface area contributed by atoms with Crippen LogP contribution in [0.1, 0.15) is 101 Å². The fourth-order valence-corrected chi connectivity index (χ4v) is 11.2. The molecule has 0 aliphatic carbocycles. The minimum atomic E-state index is -0.276. The van der Waals surface area contributed by atoms with Gasteiger partial charge in [-0.2, -0.15) is 0 Å². The summed E-state index contributed by atoms with van der Waals surface area (Å²) in [6, 6.07) is 18.6. The second kappa shape index (κ2) is 18.1. The molecule has 49 heavy (non-hydrogen) atoms. The predicted molar refractivity (Wildman–Crippen MR) is 222 cm³/mol. The molecular weight excluding hydrogens is 816 g/mol. The van der Waals surface area contributed by atoms with Crippen molar-refractivity contribution in [2.45, 2.75) is 104 Å². The zero-order valence-electron chi connectivity index (χ0n) is 28.3. The van der Waals surface area contributed by atoms with E-state index in [0.29, 0.717) is 11.1 Å². The van der Waals surface area contributed by atoms with E-state index in [1.54, 1.807) is 17.4 Å². The number of aryl methyl sites for hydroxylation is 2. The van der Waals surface area contributed by atoms with Crippen molar-refractivity contribution in [2.75, 3.05) is 0 Å². The highest BCUT2D eigenvalue weighted by atomic mass is 79.9. The van der Waals surface area contributed by atoms with Gasteiger partial charge in [0.2, 0.25) is 0 Å². The van der Waals surface area contributed by atoms with Crippen LogP contribution in [-0.4, -0.2) is 9.97 Å². The highest BCUT2D eigenvalue weighted by Gasteiger charge is 2.24. The minimum Gasteiger partial charge on any atom is -0.242 e. The largest absolute Gasteiger partial charge is 0.242 e. The van der Waals surface area contributed by atoms with Crippen molar-refractivity contribution in [3.05, 3.63) is 77.7 Å². The van der Waals surface area contributed by atoms with E-state index in [4.69, 9.17) is 9.97 Å². The number of hydrogen-bond donors (Lipinski definition) is 0. The van der Waals surface area contributed by atoms with Gasteiger partial charge in [-0.1, -0.05) is 78.1 Å². The number of unbranched alkanes of at least 4 members (excludes halogenated alkanes) is 10. The third-order valence-electron chi connectivity index (χ3n) is 8.90. The number of thiophene rings is 4. The number of nitrogens with zero attached hydrogens (tertiary/aromatic N) is 2. The Kier molecular flexibility index (Phi) is 13.7. The lowest BCUT2D eigenvalue weighted by atomic mass is 10.0. The lowest BCUT2D eigenvalue weighted by Crippen LogP contribution is -1.98. The first-order valence-electron chi connectivity index (χ1n) is 17.7. The molecule has 258 valence electrons. The van der Waals surface area contributed by atoms with E-state index in [1.165, 1.54) is 98.1 Å². The molecule has 6 aromatic rings. The van der Waals surface area contributed by atoms with Gasteiger partial charge in [-0.15, -0.1) is 45.3 Å². The Hall–Kier alpha value is -1.75. The molecule has 0 bridgehead atoms. The zero-order valence-corrected chi connectivity index (χ0v) is 34.7. The van der Waals surface area contributed by atoms with Crippen LogP contribution in [-0.2, 0) is 12.8 Å². The van der Waals surface area contributed by atoms with Crippen LogP contribution in [0, 0.1) is 5.82 Å². The molecule has 0 aliphatic heterocycles. The number of fused-ring (bicyclic) bond motifs is 1. The van der Waals surface area contributed by atoms with Crippen LogP contribution in [0.25, 0.3) is 53.1 Å². The zero-order chi connectivity index (χ0) is 34.2. The average Bonchev–Trinajstić information content (AvgIpc) is 3.92. The van der Waals surface area contributed by atoms with Crippen LogP contribution < -0.4 is 0 Å². The van der Waals surface area contributed by atoms with Crippen LogP contribution in [0.15, 0.2) is 62.2 Å². The van der Waals surface area contributed by atoms with E-state index < -0.39 is 0 Å². The first-order chi connectivity index (χ1) is 23.9. The van der Waals surface area contributed by atoms with Crippen LogP contribution in [0.4, 0.5) is 4.39 Å². The molecule has 5 heterocycles. The average molecular weight is 859 g/mol. The van der Waals surface area contributed by atoms with Gasteiger partial charge in [0.1, 0.15) is 22.7 Å². The van der Waals surface area contributed by atoms with Crippen molar-refractivity contribution < 1.29 is 4.39 Å². The SMILES string of the molecule is CCCCCCCCc1ccc(-c2nc3c(-c4ccc(Br)s4)cc(F)c(-c4ccc(Br)s4)c3nc2-c2ccc(CCCCCCCC)s2)s1. The number of aromatic nitrogens is 2. The second-order valence-electron chi connectivity index (χ2n) is 12.7. The molecule has 5 aromatic heterocycles. The molecule has 0 saturated carbocycles. The van der Waals surface area contributed by atoms with Crippen molar-refractivity contribution in [1.82, 2.24) is 9.97 Å². The molecule has 0 saturated heterocycles. The van der Waals surface area contributed by atoms with Gasteiger partial charge in [-0.05, 0) is 112 Å². The molecule has 0 radical (unpaired) electrons. The highest BCUT2D eigenvalue weighted by Crippen LogP contribution is 2.45. The summed E-state index contributed by atoms with van der Waals surface area (Å²) >= 11 is 14.0. The van der Waals surface area contributed by atoms with Gasteiger partial charge in [0.25, 0.3) is 0 Å². The monoisotopic (exact) mass is 856 g/mol. The van der Waals surface area contributed by atoms with E-state index in [0.717, 1.165) is 62.4 Å². The Morgan fingerprint density at radius 1 is 0.531 bits per heavy atom. The molecule has 0 unspecified atom stereocenters. The molecule has 0 amide bonds. The first kappa shape index (κ1) is 37.0. The summed E-state index contributed by atoms with van der Waals surface area (Å²) in [5.74, 6) is -0.276. The van der Waals surface area contributed by atoms with E-state index in [1.807, 2.05) is 46.9 Å². The summed E-state index contributed by atoms with van der Waals surface area (Å²) in [4.78, 5) is 17.7. The minimum absolute atomic E-state index is 0.276. The normalized spacial score (nSPS) is 11.7. The third-order valence-corrected chi connectivity index (χ3v) is 14.5. The fourth-order valence-electron chi connectivity index (χ4n) is 6.29. The van der Waals surface area contributed by atoms with Gasteiger partial charge in [0.05, 0.1) is 28.4 Å². The Balaban J connectivity index is 1.43. The third kappa shape index (κ3) is 9.38. The Labute approximate surface area is 323 Å². The lowest BCUT2D eigenvalue weighted by molar-refractivity contribution is 0.609.